The summed E-state index contributed by atoms with van der Waals surface area (Å²) in [6.07, 6.45) is 21.2. The smallest absolute Gasteiger partial charge is 0.351 e. The molecule has 0 saturated carbocycles. The summed E-state index contributed by atoms with van der Waals surface area (Å²) in [6.45, 7) is 2.45. The van der Waals surface area contributed by atoms with E-state index in [4.69, 9.17) is 19.9 Å². The minimum absolute atomic E-state index is 0.0115. The van der Waals surface area contributed by atoms with Crippen molar-refractivity contribution in [1.82, 2.24) is 9.55 Å². The summed E-state index contributed by atoms with van der Waals surface area (Å²) >= 11 is 0. The Labute approximate surface area is 203 Å². The summed E-state index contributed by atoms with van der Waals surface area (Å²) < 4.78 is 17.7. The van der Waals surface area contributed by atoms with Crippen LogP contribution in [-0.4, -0.2) is 35.0 Å². The Kier molecular flexibility index (Phi) is 14.3. The first-order chi connectivity index (χ1) is 16.6. The number of nitrogen functional groups attached to an aromatic ring is 1. The van der Waals surface area contributed by atoms with Gasteiger partial charge in [-0.1, -0.05) is 70.4 Å². The molecule has 0 unspecified atom stereocenters. The van der Waals surface area contributed by atoms with E-state index in [2.05, 4.69) is 24.1 Å². The number of carbonyl (C=O) groups is 1. The van der Waals surface area contributed by atoms with Crippen LogP contribution in [0.25, 0.3) is 0 Å². The number of unbranched alkanes of at least 4 members (excludes halogenated alkanes) is 11. The average molecular weight is 478 g/mol. The number of nitrogens with zero attached hydrogens (tertiary/aromatic N) is 2. The van der Waals surface area contributed by atoms with Crippen molar-refractivity contribution in [2.45, 2.75) is 109 Å². The number of ether oxygens (including phenoxy) is 3. The Balaban J connectivity index is 1.41. The third-order valence-corrected chi connectivity index (χ3v) is 5.92. The van der Waals surface area contributed by atoms with Crippen molar-refractivity contribution < 1.29 is 19.0 Å². The molecule has 1 saturated heterocycles. The molecule has 0 radical (unpaired) electrons. The van der Waals surface area contributed by atoms with E-state index in [9.17, 15) is 9.59 Å². The number of rotatable bonds is 18. The summed E-state index contributed by atoms with van der Waals surface area (Å²) in [5.41, 5.74) is 4.99. The van der Waals surface area contributed by atoms with E-state index < -0.39 is 18.2 Å². The van der Waals surface area contributed by atoms with Crippen molar-refractivity contribution in [3.63, 3.8) is 0 Å². The van der Waals surface area contributed by atoms with Crippen molar-refractivity contribution in [2.24, 2.45) is 0 Å². The van der Waals surface area contributed by atoms with Gasteiger partial charge in [-0.25, -0.2) is 4.79 Å². The molecule has 8 heteroatoms. The molecule has 2 atom stereocenters. The second-order valence-corrected chi connectivity index (χ2v) is 8.91. The largest absolute Gasteiger partial charge is 0.460 e. The summed E-state index contributed by atoms with van der Waals surface area (Å²) in [4.78, 5) is 27.5. The highest BCUT2D eigenvalue weighted by Crippen LogP contribution is 2.20. The fraction of sp³-hybridized carbons (Fsp3) is 0.731. The molecule has 1 aliphatic heterocycles. The fourth-order valence-electron chi connectivity index (χ4n) is 3.89. The molecule has 1 aromatic heterocycles. The number of nitrogens with two attached hydrogens (primary N) is 1. The Morgan fingerprint density at radius 2 is 1.74 bits per heavy atom. The molecule has 0 bridgehead atoms. The van der Waals surface area contributed by atoms with Crippen molar-refractivity contribution in [3.05, 3.63) is 34.9 Å². The van der Waals surface area contributed by atoms with Gasteiger partial charge >= 0.3 is 11.7 Å². The standard InChI is InChI=1S/C26H43N3O5/c1-2-3-4-5-6-7-8-9-10-11-12-13-14-15-16-17-24(30)32-21-25-33-20-23(34-25)29-19-18-22(27)28-26(29)31/h9-10,18-19,23,25H,2-8,11-17,20-21H2,1H3,(H2,27,28,31)/b10-9-/t23-,25-/m0/s1. The van der Waals surface area contributed by atoms with Crippen LogP contribution >= 0.6 is 0 Å². The SMILES string of the molecule is CCCCCCCC/C=C\CCCCCCCC(=O)OC[C@H]1OC[C@@H](n2ccc(N)nc2=O)O1. The highest BCUT2D eigenvalue weighted by molar-refractivity contribution is 5.69. The Morgan fingerprint density at radius 1 is 1.09 bits per heavy atom. The number of aromatic nitrogens is 2. The molecule has 192 valence electrons. The number of esters is 1. The summed E-state index contributed by atoms with van der Waals surface area (Å²) in [5.74, 6) is -0.0964. The molecule has 0 amide bonds. The molecule has 34 heavy (non-hydrogen) atoms. The van der Waals surface area contributed by atoms with Crippen LogP contribution in [0, 0.1) is 0 Å². The molecule has 2 heterocycles. The molecule has 0 spiro atoms. The molecule has 1 aromatic rings. The predicted octanol–water partition coefficient (Wildman–Crippen LogP) is 5.28. The highest BCUT2D eigenvalue weighted by Gasteiger charge is 2.29. The zero-order chi connectivity index (χ0) is 24.4. The molecule has 1 fully saturated rings. The first-order valence-corrected chi connectivity index (χ1v) is 13.0. The maximum atomic E-state index is 12.0. The third kappa shape index (κ3) is 11.8. The maximum Gasteiger partial charge on any atom is 0.351 e. The monoisotopic (exact) mass is 477 g/mol. The zero-order valence-corrected chi connectivity index (χ0v) is 20.8. The van der Waals surface area contributed by atoms with E-state index in [0.717, 1.165) is 25.7 Å². The van der Waals surface area contributed by atoms with Gasteiger partial charge in [0.25, 0.3) is 0 Å². The van der Waals surface area contributed by atoms with Gasteiger partial charge in [0.2, 0.25) is 0 Å². The molecule has 8 nitrogen and oxygen atoms in total. The molecule has 0 aliphatic carbocycles. The Hall–Kier alpha value is -2.19. The molecular formula is C26H43N3O5. The van der Waals surface area contributed by atoms with E-state index in [-0.39, 0.29) is 25.0 Å². The van der Waals surface area contributed by atoms with Crippen LogP contribution in [0.2, 0.25) is 0 Å². The van der Waals surface area contributed by atoms with Crippen LogP contribution in [0.4, 0.5) is 5.82 Å². The van der Waals surface area contributed by atoms with Gasteiger partial charge in [0.1, 0.15) is 12.4 Å². The average Bonchev–Trinajstić information content (AvgIpc) is 3.29. The predicted molar refractivity (Wildman–Crippen MR) is 133 cm³/mol. The molecule has 2 N–H and O–H groups in total. The van der Waals surface area contributed by atoms with E-state index in [0.29, 0.717) is 6.42 Å². The van der Waals surface area contributed by atoms with E-state index in [1.165, 1.54) is 74.6 Å². The third-order valence-electron chi connectivity index (χ3n) is 5.92. The first kappa shape index (κ1) is 28.1. The highest BCUT2D eigenvalue weighted by atomic mass is 16.7. The first-order valence-electron chi connectivity index (χ1n) is 13.0. The number of hydrogen-bond acceptors (Lipinski definition) is 7. The van der Waals surface area contributed by atoms with Crippen LogP contribution < -0.4 is 11.4 Å². The van der Waals surface area contributed by atoms with E-state index in [1.54, 1.807) is 0 Å². The second-order valence-electron chi connectivity index (χ2n) is 8.91. The van der Waals surface area contributed by atoms with E-state index >= 15 is 0 Å². The molecule has 1 aliphatic rings. The Bertz CT molecular complexity index is 780. The van der Waals surface area contributed by atoms with Gasteiger partial charge in [-0.15, -0.1) is 0 Å². The number of carbonyl (C=O) groups excluding carboxylic acids is 1. The van der Waals surface area contributed by atoms with Gasteiger partial charge in [0, 0.05) is 12.6 Å². The minimum atomic E-state index is -0.687. The molecule has 2 rings (SSSR count). The lowest BCUT2D eigenvalue weighted by molar-refractivity contribution is -0.159. The summed E-state index contributed by atoms with van der Waals surface area (Å²) in [5, 5.41) is 0. The summed E-state index contributed by atoms with van der Waals surface area (Å²) in [6, 6.07) is 1.52. The van der Waals surface area contributed by atoms with Crippen LogP contribution in [-0.2, 0) is 19.0 Å². The molecule has 0 aromatic carbocycles. The number of anilines is 1. The van der Waals surface area contributed by atoms with Gasteiger partial charge in [0.15, 0.2) is 12.5 Å². The second kappa shape index (κ2) is 17.3. The number of allylic oxidation sites excluding steroid dienone is 2. The van der Waals surface area contributed by atoms with Gasteiger partial charge < -0.3 is 19.9 Å². The van der Waals surface area contributed by atoms with Crippen LogP contribution in [0.15, 0.2) is 29.2 Å². The fourth-order valence-corrected chi connectivity index (χ4v) is 3.89. The number of hydrogen-bond donors (Lipinski definition) is 1. The lowest BCUT2D eigenvalue weighted by Gasteiger charge is -2.13. The van der Waals surface area contributed by atoms with Crippen molar-refractivity contribution in [3.8, 4) is 0 Å². The Morgan fingerprint density at radius 3 is 2.41 bits per heavy atom. The zero-order valence-electron chi connectivity index (χ0n) is 20.8. The normalized spacial score (nSPS) is 18.0. The maximum absolute atomic E-state index is 12.0. The van der Waals surface area contributed by atoms with Crippen molar-refractivity contribution in [2.75, 3.05) is 18.9 Å². The van der Waals surface area contributed by atoms with Crippen LogP contribution in [0.3, 0.4) is 0 Å². The van der Waals surface area contributed by atoms with Gasteiger partial charge in [0.05, 0.1) is 6.61 Å². The van der Waals surface area contributed by atoms with Gasteiger partial charge in [-0.2, -0.15) is 4.98 Å². The minimum Gasteiger partial charge on any atom is -0.460 e. The summed E-state index contributed by atoms with van der Waals surface area (Å²) in [7, 11) is 0. The quantitative estimate of drug-likeness (QED) is 0.174. The van der Waals surface area contributed by atoms with Crippen LogP contribution in [0.5, 0.6) is 0 Å². The van der Waals surface area contributed by atoms with E-state index in [1.807, 2.05) is 0 Å². The topological polar surface area (TPSA) is 106 Å². The lowest BCUT2D eigenvalue weighted by atomic mass is 10.1. The lowest BCUT2D eigenvalue weighted by Crippen LogP contribution is -2.29. The molecular weight excluding hydrogens is 434 g/mol. The van der Waals surface area contributed by atoms with Crippen LogP contribution in [0.1, 0.15) is 103 Å². The van der Waals surface area contributed by atoms with Gasteiger partial charge in [-0.05, 0) is 38.2 Å². The van der Waals surface area contributed by atoms with Crippen molar-refractivity contribution in [1.29, 1.82) is 0 Å². The van der Waals surface area contributed by atoms with Gasteiger partial charge in [-0.3, -0.25) is 9.36 Å². The van der Waals surface area contributed by atoms with Crippen molar-refractivity contribution >= 4 is 11.8 Å².